The highest BCUT2D eigenvalue weighted by atomic mass is 79.9. The van der Waals surface area contributed by atoms with Gasteiger partial charge in [0.15, 0.2) is 0 Å². The zero-order valence-corrected chi connectivity index (χ0v) is 13.4. The van der Waals surface area contributed by atoms with Gasteiger partial charge in [0.1, 0.15) is 0 Å². The number of rotatable bonds is 8. The van der Waals surface area contributed by atoms with Crippen molar-refractivity contribution in [3.8, 4) is 0 Å². The van der Waals surface area contributed by atoms with Crippen LogP contribution in [0.15, 0.2) is 22.7 Å². The topological polar surface area (TPSA) is 75.4 Å². The molecule has 2 N–H and O–H groups in total. The van der Waals surface area contributed by atoms with E-state index in [1.54, 1.807) is 12.1 Å². The molecule has 0 saturated carbocycles. The summed E-state index contributed by atoms with van der Waals surface area (Å²) in [7, 11) is 0. The summed E-state index contributed by atoms with van der Waals surface area (Å²) in [6.07, 6.45) is 1.79. The lowest BCUT2D eigenvalue weighted by atomic mass is 9.83. The first-order chi connectivity index (χ1) is 9.48. The quantitative estimate of drug-likeness (QED) is 0.560. The fourth-order valence-corrected chi connectivity index (χ4v) is 2.45. The molecular formula is C14H21BrN2O3. The van der Waals surface area contributed by atoms with Crippen molar-refractivity contribution in [3.63, 3.8) is 0 Å². The molecule has 1 aromatic rings. The molecule has 0 aliphatic heterocycles. The van der Waals surface area contributed by atoms with Crippen LogP contribution in [0.3, 0.4) is 0 Å². The minimum Gasteiger partial charge on any atom is -0.396 e. The second-order valence-corrected chi connectivity index (χ2v) is 5.87. The summed E-state index contributed by atoms with van der Waals surface area (Å²) >= 11 is 3.17. The van der Waals surface area contributed by atoms with Crippen molar-refractivity contribution in [1.29, 1.82) is 0 Å². The number of aliphatic hydroxyl groups excluding tert-OH is 1. The molecule has 0 saturated heterocycles. The molecule has 0 atom stereocenters. The van der Waals surface area contributed by atoms with E-state index in [4.69, 9.17) is 0 Å². The minimum absolute atomic E-state index is 0.0729. The molecule has 5 nitrogen and oxygen atoms in total. The van der Waals surface area contributed by atoms with E-state index in [-0.39, 0.29) is 17.7 Å². The van der Waals surface area contributed by atoms with E-state index in [1.807, 2.05) is 6.07 Å². The molecule has 1 rings (SSSR count). The molecule has 0 aliphatic rings. The highest BCUT2D eigenvalue weighted by Crippen LogP contribution is 2.26. The molecule has 0 aromatic heterocycles. The van der Waals surface area contributed by atoms with Crippen molar-refractivity contribution in [2.75, 3.05) is 13.2 Å². The van der Waals surface area contributed by atoms with Crippen LogP contribution in [0.5, 0.6) is 0 Å². The molecule has 0 unspecified atom stereocenters. The van der Waals surface area contributed by atoms with Crippen molar-refractivity contribution in [3.05, 3.63) is 38.3 Å². The Morgan fingerprint density at radius 1 is 1.40 bits per heavy atom. The number of hydrogen-bond acceptors (Lipinski definition) is 4. The Kier molecular flexibility index (Phi) is 6.58. The van der Waals surface area contributed by atoms with Crippen LogP contribution in [0.4, 0.5) is 5.69 Å². The third-order valence-corrected chi connectivity index (χ3v) is 4.54. The Balaban J connectivity index is 2.67. The van der Waals surface area contributed by atoms with Crippen LogP contribution in [0.2, 0.25) is 0 Å². The molecule has 0 bridgehead atoms. The molecule has 0 heterocycles. The summed E-state index contributed by atoms with van der Waals surface area (Å²) in [6.45, 7) is 5.52. The molecule has 1 aromatic carbocycles. The second kappa shape index (κ2) is 7.71. The summed E-state index contributed by atoms with van der Waals surface area (Å²) in [5.41, 5.74) is 0.823. The largest absolute Gasteiger partial charge is 0.396 e. The fourth-order valence-electron chi connectivity index (χ4n) is 2.06. The molecule has 0 amide bonds. The average molecular weight is 345 g/mol. The zero-order valence-electron chi connectivity index (χ0n) is 11.9. The van der Waals surface area contributed by atoms with Crippen LogP contribution in [0.25, 0.3) is 0 Å². The Morgan fingerprint density at radius 2 is 2.05 bits per heavy atom. The van der Waals surface area contributed by atoms with E-state index < -0.39 is 4.92 Å². The first kappa shape index (κ1) is 17.1. The number of nitrogens with zero attached hydrogens (tertiary/aromatic N) is 1. The van der Waals surface area contributed by atoms with Crippen molar-refractivity contribution in [1.82, 2.24) is 5.32 Å². The van der Waals surface area contributed by atoms with Gasteiger partial charge in [0.2, 0.25) is 0 Å². The van der Waals surface area contributed by atoms with E-state index in [0.29, 0.717) is 17.6 Å². The van der Waals surface area contributed by atoms with Gasteiger partial charge >= 0.3 is 0 Å². The van der Waals surface area contributed by atoms with Gasteiger partial charge in [-0.05, 0) is 40.4 Å². The van der Waals surface area contributed by atoms with Gasteiger partial charge < -0.3 is 10.4 Å². The maximum Gasteiger partial charge on any atom is 0.283 e. The van der Waals surface area contributed by atoms with E-state index in [0.717, 1.165) is 18.4 Å². The van der Waals surface area contributed by atoms with Crippen molar-refractivity contribution in [2.45, 2.75) is 33.2 Å². The number of benzene rings is 1. The monoisotopic (exact) mass is 344 g/mol. The Labute approximate surface area is 127 Å². The van der Waals surface area contributed by atoms with E-state index >= 15 is 0 Å². The highest BCUT2D eigenvalue weighted by Gasteiger charge is 2.24. The summed E-state index contributed by atoms with van der Waals surface area (Å²) in [4.78, 5) is 10.5. The van der Waals surface area contributed by atoms with Crippen LogP contribution in [0, 0.1) is 15.5 Å². The van der Waals surface area contributed by atoms with Gasteiger partial charge in [-0.25, -0.2) is 0 Å². The molecule has 0 radical (unpaired) electrons. The predicted molar refractivity (Wildman–Crippen MR) is 82.6 cm³/mol. The molecule has 6 heteroatoms. The molecule has 112 valence electrons. The predicted octanol–water partition coefficient (Wildman–Crippen LogP) is 3.25. The van der Waals surface area contributed by atoms with Crippen molar-refractivity contribution in [2.24, 2.45) is 5.41 Å². The molecular weight excluding hydrogens is 324 g/mol. The van der Waals surface area contributed by atoms with Crippen LogP contribution in [-0.2, 0) is 6.54 Å². The smallest absolute Gasteiger partial charge is 0.283 e. The Hall–Kier alpha value is -0.980. The fraction of sp³-hybridized carbons (Fsp3) is 0.571. The van der Waals surface area contributed by atoms with Crippen LogP contribution in [-0.4, -0.2) is 23.2 Å². The molecule has 0 spiro atoms. The maximum absolute atomic E-state index is 10.9. The Morgan fingerprint density at radius 3 is 2.55 bits per heavy atom. The number of nitro benzene ring substituents is 1. The van der Waals surface area contributed by atoms with Crippen LogP contribution >= 0.6 is 15.9 Å². The number of nitrogens with one attached hydrogen (secondary N) is 1. The first-order valence-corrected chi connectivity index (χ1v) is 7.51. The van der Waals surface area contributed by atoms with E-state index in [1.165, 1.54) is 0 Å². The SMILES string of the molecule is CCC(CC)(CO)CNCc1ccc(Br)c([N+](=O)[O-])c1. The lowest BCUT2D eigenvalue weighted by molar-refractivity contribution is -0.385. The number of halogens is 1. The standard InChI is InChI=1S/C14H21BrN2O3/c1-3-14(4-2,10-18)9-16-8-11-5-6-12(15)13(7-11)17(19)20/h5-7,16,18H,3-4,8-10H2,1-2H3. The third-order valence-electron chi connectivity index (χ3n) is 3.87. The van der Waals surface area contributed by atoms with Crippen molar-refractivity contribution >= 4 is 21.6 Å². The van der Waals surface area contributed by atoms with Gasteiger partial charge in [0.05, 0.1) is 9.40 Å². The summed E-state index contributed by atoms with van der Waals surface area (Å²) in [5.74, 6) is 0. The number of hydrogen-bond donors (Lipinski definition) is 2. The second-order valence-electron chi connectivity index (χ2n) is 5.01. The van der Waals surface area contributed by atoms with Crippen LogP contribution in [0.1, 0.15) is 32.3 Å². The van der Waals surface area contributed by atoms with Gasteiger partial charge in [-0.15, -0.1) is 0 Å². The summed E-state index contributed by atoms with van der Waals surface area (Å²) < 4.78 is 0.484. The van der Waals surface area contributed by atoms with Gasteiger partial charge in [-0.2, -0.15) is 0 Å². The normalized spacial score (nSPS) is 11.6. The van der Waals surface area contributed by atoms with Crippen LogP contribution < -0.4 is 5.32 Å². The van der Waals surface area contributed by atoms with Gasteiger partial charge in [0.25, 0.3) is 5.69 Å². The molecule has 20 heavy (non-hydrogen) atoms. The lowest BCUT2D eigenvalue weighted by Gasteiger charge is -2.29. The summed E-state index contributed by atoms with van der Waals surface area (Å²) in [6, 6.07) is 5.10. The first-order valence-electron chi connectivity index (χ1n) is 6.72. The van der Waals surface area contributed by atoms with Gasteiger partial charge in [-0.3, -0.25) is 10.1 Å². The minimum atomic E-state index is -0.399. The highest BCUT2D eigenvalue weighted by molar-refractivity contribution is 9.10. The van der Waals surface area contributed by atoms with E-state index in [9.17, 15) is 15.2 Å². The summed E-state index contributed by atoms with van der Waals surface area (Å²) in [5, 5.41) is 23.6. The lowest BCUT2D eigenvalue weighted by Crippen LogP contribution is -2.36. The third kappa shape index (κ3) is 4.26. The van der Waals surface area contributed by atoms with Gasteiger partial charge in [0, 0.05) is 31.2 Å². The molecule has 0 fully saturated rings. The Bertz CT molecular complexity index is 453. The van der Waals surface area contributed by atoms with Gasteiger partial charge in [-0.1, -0.05) is 19.9 Å². The number of aliphatic hydroxyl groups is 1. The molecule has 0 aliphatic carbocycles. The van der Waals surface area contributed by atoms with E-state index in [2.05, 4.69) is 35.1 Å². The average Bonchev–Trinajstić information content (AvgIpc) is 2.45. The zero-order chi connectivity index (χ0) is 15.2. The number of nitro groups is 1. The van der Waals surface area contributed by atoms with Crippen molar-refractivity contribution < 1.29 is 10.0 Å². The maximum atomic E-state index is 10.9.